The van der Waals surface area contributed by atoms with Crippen LogP contribution in [0.4, 0.5) is 0 Å². The molecule has 122 valence electrons. The summed E-state index contributed by atoms with van der Waals surface area (Å²) in [5, 5.41) is 6.60. The molecule has 0 aliphatic carbocycles. The number of piperidine rings is 2. The lowest BCUT2D eigenvalue weighted by atomic mass is 9.84. The quantitative estimate of drug-likeness (QED) is 0.788. The Hall–Kier alpha value is -0.610. The number of likely N-dealkylation sites (tertiary alicyclic amines) is 1. The largest absolute Gasteiger partial charge is 0.352 e. The second kappa shape index (κ2) is 8.74. The highest BCUT2D eigenvalue weighted by atomic mass is 16.1. The van der Waals surface area contributed by atoms with E-state index in [1.807, 2.05) is 0 Å². The molecule has 2 heterocycles. The van der Waals surface area contributed by atoms with Crippen LogP contribution in [0, 0.1) is 11.8 Å². The predicted molar refractivity (Wildman–Crippen MR) is 87.3 cm³/mol. The second-order valence-electron chi connectivity index (χ2n) is 7.10. The maximum absolute atomic E-state index is 12.2. The minimum absolute atomic E-state index is 0.241. The minimum Gasteiger partial charge on any atom is -0.352 e. The van der Waals surface area contributed by atoms with Gasteiger partial charge in [0.15, 0.2) is 0 Å². The Bertz CT molecular complexity index is 309. The molecule has 2 N–H and O–H groups in total. The van der Waals surface area contributed by atoms with Gasteiger partial charge in [0, 0.05) is 19.0 Å². The fraction of sp³-hybridized carbons (Fsp3) is 0.941. The van der Waals surface area contributed by atoms with Crippen LogP contribution in [-0.2, 0) is 4.79 Å². The third-order valence-corrected chi connectivity index (χ3v) is 5.08. The van der Waals surface area contributed by atoms with Gasteiger partial charge in [0.25, 0.3) is 0 Å². The van der Waals surface area contributed by atoms with Crippen LogP contribution >= 0.6 is 0 Å². The second-order valence-corrected chi connectivity index (χ2v) is 7.10. The van der Waals surface area contributed by atoms with Crippen molar-refractivity contribution >= 4 is 5.91 Å². The first-order chi connectivity index (χ1) is 10.1. The van der Waals surface area contributed by atoms with Gasteiger partial charge < -0.3 is 15.5 Å². The number of rotatable bonds is 6. The van der Waals surface area contributed by atoms with Crippen molar-refractivity contribution in [3.05, 3.63) is 0 Å². The summed E-state index contributed by atoms with van der Waals surface area (Å²) in [7, 11) is 0. The highest BCUT2D eigenvalue weighted by Gasteiger charge is 2.23. The van der Waals surface area contributed by atoms with Crippen molar-refractivity contribution in [2.24, 2.45) is 11.8 Å². The molecular formula is C17H33N3O. The van der Waals surface area contributed by atoms with Crippen LogP contribution in [0.15, 0.2) is 0 Å². The molecule has 1 amide bonds. The number of carbonyl (C=O) groups excluding carboxylic acids is 1. The first-order valence-electron chi connectivity index (χ1n) is 8.87. The summed E-state index contributed by atoms with van der Waals surface area (Å²) >= 11 is 0. The third kappa shape index (κ3) is 5.95. The third-order valence-electron chi connectivity index (χ3n) is 5.08. The fourth-order valence-electron chi connectivity index (χ4n) is 3.78. The first kappa shape index (κ1) is 16.8. The van der Waals surface area contributed by atoms with Crippen molar-refractivity contribution in [3.63, 3.8) is 0 Å². The summed E-state index contributed by atoms with van der Waals surface area (Å²) < 4.78 is 0. The molecule has 4 heteroatoms. The zero-order valence-electron chi connectivity index (χ0n) is 13.9. The van der Waals surface area contributed by atoms with Crippen molar-refractivity contribution in [2.45, 2.75) is 58.4 Å². The Labute approximate surface area is 130 Å². The molecule has 4 nitrogen and oxygen atoms in total. The Morgan fingerprint density at radius 2 is 1.86 bits per heavy atom. The molecule has 0 bridgehead atoms. The average molecular weight is 295 g/mol. The summed E-state index contributed by atoms with van der Waals surface area (Å²) in [5.74, 6) is 1.47. The van der Waals surface area contributed by atoms with Gasteiger partial charge in [-0.15, -0.1) is 0 Å². The van der Waals surface area contributed by atoms with E-state index in [0.29, 0.717) is 12.3 Å². The lowest BCUT2D eigenvalue weighted by Gasteiger charge is -2.30. The van der Waals surface area contributed by atoms with Crippen LogP contribution in [0.5, 0.6) is 0 Å². The summed E-state index contributed by atoms with van der Waals surface area (Å²) in [6.45, 7) is 10.0. The van der Waals surface area contributed by atoms with E-state index >= 15 is 0 Å². The monoisotopic (exact) mass is 295 g/mol. The van der Waals surface area contributed by atoms with Crippen molar-refractivity contribution in [3.8, 4) is 0 Å². The molecule has 2 rings (SSSR count). The number of carbonyl (C=O) groups is 1. The highest BCUT2D eigenvalue weighted by molar-refractivity contribution is 5.76. The molecule has 0 aromatic carbocycles. The predicted octanol–water partition coefficient (Wildman–Crippen LogP) is 2.00. The average Bonchev–Trinajstić information content (AvgIpc) is 2.48. The van der Waals surface area contributed by atoms with E-state index < -0.39 is 0 Å². The molecule has 2 aliphatic heterocycles. The van der Waals surface area contributed by atoms with Gasteiger partial charge in [0.2, 0.25) is 5.91 Å². The van der Waals surface area contributed by atoms with E-state index in [0.717, 1.165) is 25.6 Å². The van der Waals surface area contributed by atoms with Crippen molar-refractivity contribution < 1.29 is 4.79 Å². The molecule has 2 unspecified atom stereocenters. The molecule has 0 radical (unpaired) electrons. The molecular weight excluding hydrogens is 262 g/mol. The topological polar surface area (TPSA) is 44.4 Å². The van der Waals surface area contributed by atoms with Gasteiger partial charge in [0.05, 0.1) is 0 Å². The molecule has 21 heavy (non-hydrogen) atoms. The first-order valence-corrected chi connectivity index (χ1v) is 8.87. The number of nitrogens with zero attached hydrogens (tertiary/aromatic N) is 1. The number of hydrogen-bond acceptors (Lipinski definition) is 3. The minimum atomic E-state index is 0.241. The maximum Gasteiger partial charge on any atom is 0.220 e. The van der Waals surface area contributed by atoms with E-state index in [1.165, 1.54) is 45.2 Å². The molecule has 0 saturated carbocycles. The van der Waals surface area contributed by atoms with E-state index in [2.05, 4.69) is 29.4 Å². The summed E-state index contributed by atoms with van der Waals surface area (Å²) in [6, 6.07) is 0.274. The van der Waals surface area contributed by atoms with Gasteiger partial charge in [-0.2, -0.15) is 0 Å². The maximum atomic E-state index is 12.2. The molecule has 2 fully saturated rings. The van der Waals surface area contributed by atoms with Gasteiger partial charge >= 0.3 is 0 Å². The summed E-state index contributed by atoms with van der Waals surface area (Å²) in [4.78, 5) is 14.7. The smallest absolute Gasteiger partial charge is 0.220 e. The van der Waals surface area contributed by atoms with E-state index in [1.54, 1.807) is 0 Å². The van der Waals surface area contributed by atoms with Crippen LogP contribution in [-0.4, -0.2) is 49.6 Å². The van der Waals surface area contributed by atoms with Gasteiger partial charge in [-0.05, 0) is 70.6 Å². The highest BCUT2D eigenvalue weighted by Crippen LogP contribution is 2.24. The Kier molecular flexibility index (Phi) is 6.97. The zero-order chi connectivity index (χ0) is 15.1. The number of nitrogens with one attached hydrogen (secondary N) is 2. The lowest BCUT2D eigenvalue weighted by molar-refractivity contribution is -0.123. The van der Waals surface area contributed by atoms with E-state index in [9.17, 15) is 4.79 Å². The Morgan fingerprint density at radius 3 is 2.52 bits per heavy atom. The van der Waals surface area contributed by atoms with Crippen LogP contribution < -0.4 is 10.6 Å². The summed E-state index contributed by atoms with van der Waals surface area (Å²) in [5.41, 5.74) is 0. The zero-order valence-corrected chi connectivity index (χ0v) is 13.9. The van der Waals surface area contributed by atoms with Gasteiger partial charge in [-0.25, -0.2) is 0 Å². The number of hydrogen-bond donors (Lipinski definition) is 2. The SMILES string of the molecule is CC(CN1CCCCC1)NC(=O)CC(C)C1CCNCC1. The molecule has 2 saturated heterocycles. The van der Waals surface area contributed by atoms with Crippen molar-refractivity contribution in [2.75, 3.05) is 32.7 Å². The Balaban J connectivity index is 1.65. The van der Waals surface area contributed by atoms with Crippen molar-refractivity contribution in [1.82, 2.24) is 15.5 Å². The van der Waals surface area contributed by atoms with E-state index in [4.69, 9.17) is 0 Å². The van der Waals surface area contributed by atoms with Gasteiger partial charge in [-0.3, -0.25) is 4.79 Å². The number of amides is 1. The van der Waals surface area contributed by atoms with Gasteiger partial charge in [-0.1, -0.05) is 13.3 Å². The van der Waals surface area contributed by atoms with E-state index in [-0.39, 0.29) is 11.9 Å². The summed E-state index contributed by atoms with van der Waals surface area (Å²) in [6.07, 6.45) is 7.12. The molecule has 0 aromatic heterocycles. The normalized spacial score (nSPS) is 24.5. The molecule has 0 aromatic rings. The van der Waals surface area contributed by atoms with Crippen LogP contribution in [0.2, 0.25) is 0 Å². The standard InChI is InChI=1S/C17H33N3O/c1-14(16-6-8-18-9-7-16)12-17(21)19-15(2)13-20-10-4-3-5-11-20/h14-16,18H,3-13H2,1-2H3,(H,19,21). The molecule has 2 aliphatic rings. The Morgan fingerprint density at radius 1 is 1.19 bits per heavy atom. The molecule has 2 atom stereocenters. The van der Waals surface area contributed by atoms with Crippen LogP contribution in [0.3, 0.4) is 0 Å². The van der Waals surface area contributed by atoms with Crippen LogP contribution in [0.1, 0.15) is 52.4 Å². The van der Waals surface area contributed by atoms with Gasteiger partial charge in [0.1, 0.15) is 0 Å². The van der Waals surface area contributed by atoms with Crippen molar-refractivity contribution in [1.29, 1.82) is 0 Å². The fourth-order valence-corrected chi connectivity index (χ4v) is 3.78. The lowest BCUT2D eigenvalue weighted by Crippen LogP contribution is -2.44. The molecule has 0 spiro atoms. The van der Waals surface area contributed by atoms with Crippen LogP contribution in [0.25, 0.3) is 0 Å².